The Labute approximate surface area is 130 Å². The molecule has 0 N–H and O–H groups in total. The van der Waals surface area contributed by atoms with Gasteiger partial charge in [0.25, 0.3) is 0 Å². The van der Waals surface area contributed by atoms with Gasteiger partial charge in [-0.25, -0.2) is 0 Å². The third kappa shape index (κ3) is 2.01. The molecule has 1 heteroatoms. The van der Waals surface area contributed by atoms with Crippen molar-refractivity contribution in [2.45, 2.75) is 11.8 Å². The molecule has 0 bridgehead atoms. The Bertz CT molecular complexity index is 746. The summed E-state index contributed by atoms with van der Waals surface area (Å²) in [6.45, 7) is 0. The summed E-state index contributed by atoms with van der Waals surface area (Å²) in [5, 5.41) is 0.754. The largest absolute Gasteiger partial charge is 0.0878 e. The fourth-order valence-corrected chi connectivity index (χ4v) is 3.68. The smallest absolute Gasteiger partial charge is 0.0669 e. The van der Waals surface area contributed by atoms with Crippen LogP contribution in [0.2, 0.25) is 5.02 Å². The van der Waals surface area contributed by atoms with Gasteiger partial charge in [-0.15, -0.1) is 0 Å². The summed E-state index contributed by atoms with van der Waals surface area (Å²) < 4.78 is 0. The molecular formula is C20H15Cl. The molecule has 21 heavy (non-hydrogen) atoms. The van der Waals surface area contributed by atoms with Crippen LogP contribution in [-0.2, 0) is 5.41 Å². The van der Waals surface area contributed by atoms with Gasteiger partial charge < -0.3 is 0 Å². The lowest BCUT2D eigenvalue weighted by atomic mass is 9.89. The number of hydrogen-bond donors (Lipinski definition) is 0. The van der Waals surface area contributed by atoms with E-state index in [1.54, 1.807) is 0 Å². The van der Waals surface area contributed by atoms with E-state index in [1.807, 2.05) is 24.3 Å². The average molecular weight is 291 g/mol. The van der Waals surface area contributed by atoms with Crippen LogP contribution in [0.4, 0.5) is 0 Å². The lowest BCUT2D eigenvalue weighted by molar-refractivity contribution is 0.744. The summed E-state index contributed by atoms with van der Waals surface area (Å²) >= 11 is 5.93. The van der Waals surface area contributed by atoms with Crippen molar-refractivity contribution in [1.82, 2.24) is 0 Å². The normalized spacial score (nSPS) is 28.6. The highest BCUT2D eigenvalue weighted by Crippen LogP contribution is 2.64. The molecule has 102 valence electrons. The van der Waals surface area contributed by atoms with Crippen molar-refractivity contribution in [3.05, 3.63) is 82.9 Å². The Kier molecular flexibility index (Phi) is 2.91. The third-order valence-electron chi connectivity index (χ3n) is 4.68. The topological polar surface area (TPSA) is 0 Å². The van der Waals surface area contributed by atoms with Crippen molar-refractivity contribution < 1.29 is 0 Å². The molecule has 0 nitrogen and oxygen atoms in total. The Morgan fingerprint density at radius 3 is 2.43 bits per heavy atom. The zero-order valence-electron chi connectivity index (χ0n) is 11.6. The van der Waals surface area contributed by atoms with Crippen LogP contribution in [0.25, 0.3) is 0 Å². The van der Waals surface area contributed by atoms with Crippen LogP contribution in [0.5, 0.6) is 0 Å². The fourth-order valence-electron chi connectivity index (χ4n) is 3.56. The fraction of sp³-hybridized carbons (Fsp3) is 0.200. The van der Waals surface area contributed by atoms with Crippen LogP contribution in [-0.4, -0.2) is 0 Å². The number of fused-ring (bicyclic) bond motifs is 1. The molecule has 2 aliphatic rings. The van der Waals surface area contributed by atoms with Gasteiger partial charge in [0.1, 0.15) is 0 Å². The van der Waals surface area contributed by atoms with Gasteiger partial charge in [0.05, 0.1) is 5.41 Å². The lowest BCUT2D eigenvalue weighted by Gasteiger charge is -2.12. The zero-order chi connectivity index (χ0) is 14.3. The van der Waals surface area contributed by atoms with Crippen LogP contribution in [0.1, 0.15) is 17.5 Å². The SMILES string of the molecule is Clc1ccc(C#CC2(c3ccccc3)C3C=CCC32)cc1. The highest BCUT2D eigenvalue weighted by molar-refractivity contribution is 6.30. The van der Waals surface area contributed by atoms with Crippen molar-refractivity contribution in [3.8, 4) is 11.8 Å². The Morgan fingerprint density at radius 2 is 1.76 bits per heavy atom. The van der Waals surface area contributed by atoms with Gasteiger partial charge in [-0.05, 0) is 42.2 Å². The van der Waals surface area contributed by atoms with Crippen molar-refractivity contribution in [2.75, 3.05) is 0 Å². The van der Waals surface area contributed by atoms with Crippen LogP contribution in [0, 0.1) is 23.7 Å². The molecule has 0 aliphatic heterocycles. The average Bonchev–Trinajstić information content (AvgIpc) is 2.89. The van der Waals surface area contributed by atoms with Crippen molar-refractivity contribution in [2.24, 2.45) is 11.8 Å². The first-order valence-electron chi connectivity index (χ1n) is 7.31. The molecule has 2 aromatic rings. The molecular weight excluding hydrogens is 276 g/mol. The summed E-state index contributed by atoms with van der Waals surface area (Å²) in [6, 6.07) is 18.5. The highest BCUT2D eigenvalue weighted by atomic mass is 35.5. The van der Waals surface area contributed by atoms with Crippen molar-refractivity contribution in [3.63, 3.8) is 0 Å². The predicted molar refractivity (Wildman–Crippen MR) is 87.2 cm³/mol. The Morgan fingerprint density at radius 1 is 1.00 bits per heavy atom. The molecule has 0 radical (unpaired) electrons. The molecule has 0 heterocycles. The van der Waals surface area contributed by atoms with Crippen LogP contribution < -0.4 is 0 Å². The van der Waals surface area contributed by atoms with Gasteiger partial charge in [0, 0.05) is 16.5 Å². The molecule has 1 fully saturated rings. The van der Waals surface area contributed by atoms with Gasteiger partial charge in [-0.3, -0.25) is 0 Å². The quantitative estimate of drug-likeness (QED) is 0.521. The number of allylic oxidation sites excluding steroid dienone is 2. The highest BCUT2D eigenvalue weighted by Gasteiger charge is 2.64. The first kappa shape index (κ1) is 12.7. The lowest BCUT2D eigenvalue weighted by Crippen LogP contribution is -2.10. The van der Waals surface area contributed by atoms with Crippen LogP contribution in [0.3, 0.4) is 0 Å². The van der Waals surface area contributed by atoms with E-state index >= 15 is 0 Å². The van der Waals surface area contributed by atoms with E-state index in [9.17, 15) is 0 Å². The second-order valence-corrected chi connectivity index (χ2v) is 6.22. The van der Waals surface area contributed by atoms with Crippen LogP contribution >= 0.6 is 11.6 Å². The van der Waals surface area contributed by atoms with E-state index in [-0.39, 0.29) is 5.41 Å². The molecule has 4 rings (SSSR count). The van der Waals surface area contributed by atoms with E-state index in [1.165, 1.54) is 5.56 Å². The second kappa shape index (κ2) is 4.79. The number of rotatable bonds is 1. The van der Waals surface area contributed by atoms with E-state index in [4.69, 9.17) is 11.6 Å². The zero-order valence-corrected chi connectivity index (χ0v) is 12.3. The molecule has 1 saturated carbocycles. The minimum atomic E-state index is 0.0235. The summed E-state index contributed by atoms with van der Waals surface area (Å²) in [5.41, 5.74) is 2.41. The first-order chi connectivity index (χ1) is 10.3. The maximum absolute atomic E-state index is 5.93. The summed E-state index contributed by atoms with van der Waals surface area (Å²) in [7, 11) is 0. The summed E-state index contributed by atoms with van der Waals surface area (Å²) in [6.07, 6.45) is 5.78. The molecule has 0 spiro atoms. The molecule has 3 atom stereocenters. The molecule has 3 unspecified atom stereocenters. The standard InChI is InChI=1S/C20H15Cl/c21-17-11-9-15(10-12-17)13-14-20(16-5-2-1-3-6-16)18-7-4-8-19(18)20/h1-7,9-12,18-19H,8H2. The van der Waals surface area contributed by atoms with E-state index in [0.29, 0.717) is 11.8 Å². The van der Waals surface area contributed by atoms with Gasteiger partial charge in [0.15, 0.2) is 0 Å². The van der Waals surface area contributed by atoms with E-state index in [0.717, 1.165) is 17.0 Å². The van der Waals surface area contributed by atoms with Crippen molar-refractivity contribution >= 4 is 11.6 Å². The second-order valence-electron chi connectivity index (χ2n) is 5.79. The van der Waals surface area contributed by atoms with Gasteiger partial charge in [-0.1, -0.05) is 65.9 Å². The third-order valence-corrected chi connectivity index (χ3v) is 4.93. The van der Waals surface area contributed by atoms with Crippen molar-refractivity contribution in [1.29, 1.82) is 0 Å². The first-order valence-corrected chi connectivity index (χ1v) is 7.69. The maximum Gasteiger partial charge on any atom is 0.0669 e. The maximum atomic E-state index is 5.93. The van der Waals surface area contributed by atoms with Gasteiger partial charge >= 0.3 is 0 Å². The molecule has 0 aromatic heterocycles. The van der Waals surface area contributed by atoms with Gasteiger partial charge in [0.2, 0.25) is 0 Å². The molecule has 2 aliphatic carbocycles. The Balaban J connectivity index is 1.74. The van der Waals surface area contributed by atoms with Gasteiger partial charge in [-0.2, -0.15) is 0 Å². The van der Waals surface area contributed by atoms with E-state index < -0.39 is 0 Å². The Hall–Kier alpha value is -1.97. The monoisotopic (exact) mass is 290 g/mol. The molecule has 0 amide bonds. The minimum absolute atomic E-state index is 0.0235. The van der Waals surface area contributed by atoms with Crippen LogP contribution in [0.15, 0.2) is 66.7 Å². The number of halogens is 1. The molecule has 0 saturated heterocycles. The minimum Gasteiger partial charge on any atom is -0.0878 e. The summed E-state index contributed by atoms with van der Waals surface area (Å²) in [4.78, 5) is 0. The van der Waals surface area contributed by atoms with E-state index in [2.05, 4.69) is 54.3 Å². The summed E-state index contributed by atoms with van der Waals surface area (Å²) in [5.74, 6) is 8.17. The predicted octanol–water partition coefficient (Wildman–Crippen LogP) is 4.84. The molecule has 2 aromatic carbocycles. The number of hydrogen-bond acceptors (Lipinski definition) is 0. The number of benzene rings is 2.